The lowest BCUT2D eigenvalue weighted by Gasteiger charge is -2.05. The monoisotopic (exact) mass is 997 g/mol. The molecule has 26 nitrogen and oxygen atoms in total. The van der Waals surface area contributed by atoms with Crippen molar-refractivity contribution in [3.05, 3.63) is 176 Å². The fourth-order valence-corrected chi connectivity index (χ4v) is 5.92. The van der Waals surface area contributed by atoms with Crippen LogP contribution < -0.4 is 16.0 Å². The van der Waals surface area contributed by atoms with Gasteiger partial charge >= 0.3 is 5.97 Å². The van der Waals surface area contributed by atoms with E-state index in [9.17, 15) is 19.2 Å². The summed E-state index contributed by atoms with van der Waals surface area (Å²) in [6.45, 7) is 1.43. The molecule has 0 saturated heterocycles. The highest BCUT2D eigenvalue weighted by molar-refractivity contribution is 6.04. The fourth-order valence-electron chi connectivity index (χ4n) is 5.92. The number of carboxylic acids is 1. The SMILES string of the molecule is CC(=O)Nc1ccc(-c2nnc(-c3ccccn3)nn2)nc1.O=C(Nc1ccc(-c2nnc(-c3ccccn3)nn2)nc1)c1ccccc1.O=C(O)/C=C\C(=O)Nc1ccc(-c2nnc(-c3ccccn3)nn2)nc1. The number of benzene rings is 1. The maximum atomic E-state index is 12.2. The van der Waals surface area contributed by atoms with E-state index in [0.29, 0.717) is 80.1 Å². The molecule has 0 aliphatic heterocycles. The Balaban J connectivity index is 0.000000150. The average molecular weight is 998 g/mol. The normalized spacial score (nSPS) is 10.4. The molecule has 9 aromatic heterocycles. The largest absolute Gasteiger partial charge is 0.478 e. The number of nitrogens with one attached hydrogen (secondary N) is 3. The van der Waals surface area contributed by atoms with Crippen LogP contribution in [0.4, 0.5) is 17.1 Å². The van der Waals surface area contributed by atoms with Crippen molar-refractivity contribution in [3.8, 4) is 69.1 Å². The van der Waals surface area contributed by atoms with E-state index in [1.807, 2.05) is 30.3 Å². The van der Waals surface area contributed by atoms with Gasteiger partial charge in [0.25, 0.3) is 5.91 Å². The molecule has 0 aliphatic rings. The minimum absolute atomic E-state index is 0.158. The van der Waals surface area contributed by atoms with Crippen LogP contribution in [0.2, 0.25) is 0 Å². The van der Waals surface area contributed by atoms with E-state index in [1.54, 1.807) is 110 Å². The summed E-state index contributed by atoms with van der Waals surface area (Å²) in [6.07, 6.45) is 11.0. The number of rotatable bonds is 12. The van der Waals surface area contributed by atoms with Crippen molar-refractivity contribution >= 4 is 40.8 Å². The van der Waals surface area contributed by atoms with E-state index in [1.165, 1.54) is 25.5 Å². The first kappa shape index (κ1) is 50.0. The van der Waals surface area contributed by atoms with Gasteiger partial charge in [0.2, 0.25) is 46.8 Å². The van der Waals surface area contributed by atoms with Crippen molar-refractivity contribution < 1.29 is 24.3 Å². The summed E-state index contributed by atoms with van der Waals surface area (Å²) in [6, 6.07) is 35.1. The highest BCUT2D eigenvalue weighted by Crippen LogP contribution is 2.19. The second-order valence-electron chi connectivity index (χ2n) is 14.7. The first-order valence-corrected chi connectivity index (χ1v) is 21.8. The summed E-state index contributed by atoms with van der Waals surface area (Å²) in [5.74, 6) is -0.369. The zero-order chi connectivity index (χ0) is 52.2. The van der Waals surface area contributed by atoms with Gasteiger partial charge in [0, 0.05) is 43.2 Å². The number of nitrogens with zero attached hydrogens (tertiary/aromatic N) is 18. The Bertz CT molecular complexity index is 3500. The highest BCUT2D eigenvalue weighted by Gasteiger charge is 2.13. The molecular formula is C49H35N21O5. The Morgan fingerprint density at radius 2 is 0.707 bits per heavy atom. The smallest absolute Gasteiger partial charge is 0.328 e. The molecular weight excluding hydrogens is 963 g/mol. The second kappa shape index (κ2) is 24.9. The number of carboxylic acid groups (broad SMARTS) is 1. The van der Waals surface area contributed by atoms with E-state index >= 15 is 0 Å². The Labute approximate surface area is 423 Å². The molecule has 0 atom stereocenters. The highest BCUT2D eigenvalue weighted by atomic mass is 16.4. The van der Waals surface area contributed by atoms with Crippen LogP contribution in [0.15, 0.2) is 171 Å². The summed E-state index contributed by atoms with van der Waals surface area (Å²) < 4.78 is 0. The minimum atomic E-state index is -1.21. The standard InChI is InChI=1S/C19H13N7O.C16H11N7O3.C14H11N7O/c27-19(13-6-2-1-3-7-13)22-14-9-10-16(21-12-14)18-25-23-17(24-26-18)15-8-4-5-11-20-15;24-13(6-7-14(25)26)19-10-4-5-12(18-9-10)16-22-20-15(21-23-16)11-3-1-2-8-17-11;1-9(22)17-10-5-6-12(16-8-10)14-20-18-13(19-21-14)11-4-2-3-7-15-11/h1-12H,(H,22,27);1-9H,(H,19,24)(H,25,26);2-8H,1H3,(H,17,22)/b;7-6-;. The Morgan fingerprint density at radius 1 is 0.373 bits per heavy atom. The predicted octanol–water partition coefficient (Wildman–Crippen LogP) is 4.96. The molecule has 366 valence electrons. The van der Waals surface area contributed by atoms with Gasteiger partial charge in [0.1, 0.15) is 34.2 Å². The number of pyridine rings is 6. The predicted molar refractivity (Wildman–Crippen MR) is 266 cm³/mol. The van der Waals surface area contributed by atoms with E-state index < -0.39 is 11.9 Å². The van der Waals surface area contributed by atoms with Crippen LogP contribution in [0.5, 0.6) is 0 Å². The van der Waals surface area contributed by atoms with Crippen molar-refractivity contribution in [1.82, 2.24) is 91.1 Å². The topological polar surface area (TPSA) is 357 Å². The fraction of sp³-hybridized carbons (Fsp3) is 0.0204. The summed E-state index contributed by atoms with van der Waals surface area (Å²) in [4.78, 5) is 69.9. The van der Waals surface area contributed by atoms with Crippen LogP contribution in [0, 0.1) is 0 Å². The van der Waals surface area contributed by atoms with Crippen molar-refractivity contribution in [2.24, 2.45) is 0 Å². The molecule has 1 aromatic carbocycles. The zero-order valence-corrected chi connectivity index (χ0v) is 38.8. The minimum Gasteiger partial charge on any atom is -0.478 e. The van der Waals surface area contributed by atoms with Gasteiger partial charge in [-0.25, -0.2) is 4.79 Å². The summed E-state index contributed by atoms with van der Waals surface area (Å²) in [7, 11) is 0. The lowest BCUT2D eigenvalue weighted by Crippen LogP contribution is -2.11. The number of carbonyl (C=O) groups is 4. The molecule has 0 radical (unpaired) electrons. The molecule has 0 unspecified atom stereocenters. The Hall–Kier alpha value is -11.4. The van der Waals surface area contributed by atoms with E-state index in [4.69, 9.17) is 5.11 Å². The number of aromatic nitrogens is 18. The summed E-state index contributed by atoms with van der Waals surface area (Å²) in [5.41, 5.74) is 5.31. The van der Waals surface area contributed by atoms with Crippen molar-refractivity contribution in [2.45, 2.75) is 6.92 Å². The van der Waals surface area contributed by atoms with Crippen molar-refractivity contribution in [3.63, 3.8) is 0 Å². The molecule has 9 heterocycles. The van der Waals surface area contributed by atoms with Gasteiger partial charge < -0.3 is 21.1 Å². The lowest BCUT2D eigenvalue weighted by molar-refractivity contribution is -0.131. The van der Waals surface area contributed by atoms with Crippen molar-refractivity contribution in [1.29, 1.82) is 0 Å². The first-order valence-electron chi connectivity index (χ1n) is 21.8. The quantitative estimate of drug-likeness (QED) is 0.117. The molecule has 10 aromatic rings. The third-order valence-electron chi connectivity index (χ3n) is 9.36. The molecule has 0 bridgehead atoms. The molecule has 4 N–H and O–H groups in total. The van der Waals surface area contributed by atoms with Crippen LogP contribution >= 0.6 is 0 Å². The Morgan fingerprint density at radius 3 is 1.01 bits per heavy atom. The molecule has 75 heavy (non-hydrogen) atoms. The average Bonchev–Trinajstić information content (AvgIpc) is 3.46. The number of carbonyl (C=O) groups excluding carboxylic acids is 3. The van der Waals surface area contributed by atoms with E-state index in [2.05, 4.69) is 107 Å². The van der Waals surface area contributed by atoms with E-state index in [-0.39, 0.29) is 23.5 Å². The van der Waals surface area contributed by atoms with Gasteiger partial charge in [0.05, 0.1) is 35.7 Å². The third kappa shape index (κ3) is 14.6. The van der Waals surface area contributed by atoms with Crippen LogP contribution in [0.25, 0.3) is 69.1 Å². The molecule has 10 rings (SSSR count). The molecule has 0 aliphatic carbocycles. The number of hydrogen-bond acceptors (Lipinski definition) is 22. The number of anilines is 3. The van der Waals surface area contributed by atoms with Crippen LogP contribution in [0.1, 0.15) is 17.3 Å². The number of aliphatic carboxylic acids is 1. The van der Waals surface area contributed by atoms with Gasteiger partial charge in [-0.3, -0.25) is 44.3 Å². The van der Waals surface area contributed by atoms with Gasteiger partial charge in [-0.05, 0) is 84.9 Å². The van der Waals surface area contributed by atoms with Gasteiger partial charge in [-0.1, -0.05) is 36.4 Å². The van der Waals surface area contributed by atoms with Gasteiger partial charge in [0.15, 0.2) is 0 Å². The lowest BCUT2D eigenvalue weighted by atomic mass is 10.2. The maximum absolute atomic E-state index is 12.2. The Kier molecular flexibility index (Phi) is 16.6. The maximum Gasteiger partial charge on any atom is 0.328 e. The van der Waals surface area contributed by atoms with Crippen LogP contribution in [-0.4, -0.2) is 120 Å². The molecule has 0 spiro atoms. The third-order valence-corrected chi connectivity index (χ3v) is 9.36. The summed E-state index contributed by atoms with van der Waals surface area (Å²) in [5, 5.41) is 64.5. The summed E-state index contributed by atoms with van der Waals surface area (Å²) >= 11 is 0. The van der Waals surface area contributed by atoms with Gasteiger partial charge in [-0.15, -0.1) is 61.2 Å². The van der Waals surface area contributed by atoms with E-state index in [0.717, 1.165) is 12.2 Å². The van der Waals surface area contributed by atoms with Gasteiger partial charge in [-0.2, -0.15) is 0 Å². The molecule has 0 fully saturated rings. The van der Waals surface area contributed by atoms with Crippen LogP contribution in [0.3, 0.4) is 0 Å². The second-order valence-corrected chi connectivity index (χ2v) is 14.7. The molecule has 3 amide bonds. The van der Waals surface area contributed by atoms with Crippen LogP contribution in [-0.2, 0) is 14.4 Å². The number of hydrogen-bond donors (Lipinski definition) is 4. The first-order chi connectivity index (χ1) is 36.6. The van der Waals surface area contributed by atoms with Crippen molar-refractivity contribution in [2.75, 3.05) is 16.0 Å². The number of amides is 3. The zero-order valence-electron chi connectivity index (χ0n) is 38.8. The molecule has 26 heteroatoms. The molecule has 0 saturated carbocycles.